The number of aromatic nitrogens is 2. The number of ether oxygens (including phenoxy) is 1. The van der Waals surface area contributed by atoms with E-state index in [-0.39, 0.29) is 5.69 Å². The summed E-state index contributed by atoms with van der Waals surface area (Å²) in [6.45, 7) is 3.74. The normalized spacial score (nSPS) is 14.1. The van der Waals surface area contributed by atoms with Gasteiger partial charge in [0.1, 0.15) is 0 Å². The van der Waals surface area contributed by atoms with Crippen molar-refractivity contribution in [3.05, 3.63) is 36.7 Å². The molecule has 0 radical (unpaired) electrons. The van der Waals surface area contributed by atoms with Crippen LogP contribution in [-0.4, -0.2) is 65.4 Å². The molecule has 166 valence electrons. The van der Waals surface area contributed by atoms with Gasteiger partial charge in [0.2, 0.25) is 5.88 Å². The molecule has 0 saturated carbocycles. The summed E-state index contributed by atoms with van der Waals surface area (Å²) in [6.07, 6.45) is 7.22. The first-order valence-electron chi connectivity index (χ1n) is 10.6. The molecule has 0 aliphatic carbocycles. The number of nitrogens with one attached hydrogen (secondary N) is 1. The fourth-order valence-corrected chi connectivity index (χ4v) is 3.57. The van der Waals surface area contributed by atoms with Crippen LogP contribution < -0.4 is 15.0 Å². The summed E-state index contributed by atoms with van der Waals surface area (Å²) in [4.78, 5) is 35.6. The predicted octanol–water partition coefficient (Wildman–Crippen LogP) is 3.61. The van der Waals surface area contributed by atoms with Gasteiger partial charge in [0.05, 0.1) is 24.7 Å². The van der Waals surface area contributed by atoms with E-state index >= 15 is 0 Å². The number of imide groups is 1. The number of carbonyl (C=O) groups excluding carboxylic acids is 1. The maximum absolute atomic E-state index is 12.4. The van der Waals surface area contributed by atoms with Crippen LogP contribution in [0.3, 0.4) is 0 Å². The van der Waals surface area contributed by atoms with Gasteiger partial charge in [-0.25, -0.2) is 14.6 Å². The standard InChI is InChI=1S/C22H29N5O4/c1-31-20-10-7-17(15-25-20)19-9-8-18(16-24-19)27(22(29)30)21(28)23-11-3-6-14-26-12-4-2-5-13-26/h7-10,15-16H,2-6,11-14H2,1H3,(H,23,28)(H,29,30). The Morgan fingerprint density at radius 2 is 1.90 bits per heavy atom. The number of nitrogens with zero attached hydrogens (tertiary/aromatic N) is 4. The molecule has 2 aromatic heterocycles. The Morgan fingerprint density at radius 3 is 2.52 bits per heavy atom. The molecule has 0 aromatic carbocycles. The zero-order valence-corrected chi connectivity index (χ0v) is 17.8. The van der Waals surface area contributed by atoms with Crippen molar-refractivity contribution in [2.45, 2.75) is 32.1 Å². The summed E-state index contributed by atoms with van der Waals surface area (Å²) in [6, 6.07) is 6.05. The molecule has 9 heteroatoms. The molecular formula is C22H29N5O4. The lowest BCUT2D eigenvalue weighted by atomic mass is 10.1. The Hall–Kier alpha value is -3.20. The highest BCUT2D eigenvalue weighted by Crippen LogP contribution is 2.21. The van der Waals surface area contributed by atoms with Crippen molar-refractivity contribution in [3.8, 4) is 17.1 Å². The maximum Gasteiger partial charge on any atom is 0.420 e. The molecule has 1 fully saturated rings. The highest BCUT2D eigenvalue weighted by Gasteiger charge is 2.23. The maximum atomic E-state index is 12.4. The van der Waals surface area contributed by atoms with Crippen LogP contribution >= 0.6 is 0 Å². The number of rotatable bonds is 8. The average Bonchev–Trinajstić information content (AvgIpc) is 2.80. The molecule has 2 N–H and O–H groups in total. The first-order chi connectivity index (χ1) is 15.1. The summed E-state index contributed by atoms with van der Waals surface area (Å²) in [5.74, 6) is 0.491. The van der Waals surface area contributed by atoms with E-state index in [1.165, 1.54) is 32.6 Å². The molecule has 0 bridgehead atoms. The van der Waals surface area contributed by atoms with Crippen molar-refractivity contribution >= 4 is 17.8 Å². The molecule has 9 nitrogen and oxygen atoms in total. The molecule has 3 rings (SSSR count). The van der Waals surface area contributed by atoms with E-state index in [4.69, 9.17) is 4.74 Å². The fourth-order valence-electron chi connectivity index (χ4n) is 3.57. The number of carboxylic acid groups (broad SMARTS) is 1. The zero-order valence-electron chi connectivity index (χ0n) is 17.8. The molecule has 31 heavy (non-hydrogen) atoms. The Bertz CT molecular complexity index is 851. The number of amides is 3. The summed E-state index contributed by atoms with van der Waals surface area (Å²) in [5, 5.41) is 12.2. The molecule has 2 aromatic rings. The third kappa shape index (κ3) is 6.39. The first kappa shape index (κ1) is 22.5. The largest absolute Gasteiger partial charge is 0.481 e. The van der Waals surface area contributed by atoms with Crippen molar-refractivity contribution in [1.82, 2.24) is 20.2 Å². The number of unbranched alkanes of at least 4 members (excludes halogenated alkanes) is 1. The molecule has 1 aliphatic heterocycles. The second kappa shape index (κ2) is 11.3. The van der Waals surface area contributed by atoms with Crippen LogP contribution in [0.5, 0.6) is 5.88 Å². The number of hydrogen-bond acceptors (Lipinski definition) is 6. The van der Waals surface area contributed by atoms with Crippen LogP contribution in [0, 0.1) is 0 Å². The predicted molar refractivity (Wildman–Crippen MR) is 117 cm³/mol. The fraction of sp³-hybridized carbons (Fsp3) is 0.455. The van der Waals surface area contributed by atoms with Crippen LogP contribution in [0.1, 0.15) is 32.1 Å². The van der Waals surface area contributed by atoms with Crippen molar-refractivity contribution in [1.29, 1.82) is 0 Å². The number of hydrogen-bond donors (Lipinski definition) is 2. The Morgan fingerprint density at radius 1 is 1.10 bits per heavy atom. The minimum Gasteiger partial charge on any atom is -0.481 e. The van der Waals surface area contributed by atoms with Gasteiger partial charge in [-0.15, -0.1) is 0 Å². The lowest BCUT2D eigenvalue weighted by Gasteiger charge is -2.26. The zero-order chi connectivity index (χ0) is 22.1. The third-order valence-electron chi connectivity index (χ3n) is 5.27. The van der Waals surface area contributed by atoms with Crippen LogP contribution in [0.25, 0.3) is 11.3 Å². The Labute approximate surface area is 182 Å². The van der Waals surface area contributed by atoms with Crippen LogP contribution in [0.15, 0.2) is 36.7 Å². The van der Waals surface area contributed by atoms with E-state index in [0.29, 0.717) is 23.0 Å². The van der Waals surface area contributed by atoms with Crippen molar-refractivity contribution in [2.75, 3.05) is 38.2 Å². The lowest BCUT2D eigenvalue weighted by molar-refractivity contribution is 0.199. The van der Waals surface area contributed by atoms with Gasteiger partial charge in [0, 0.05) is 24.4 Å². The number of methoxy groups -OCH3 is 1. The second-order valence-electron chi connectivity index (χ2n) is 7.45. The number of piperidine rings is 1. The highest BCUT2D eigenvalue weighted by atomic mass is 16.5. The van der Waals surface area contributed by atoms with E-state index in [2.05, 4.69) is 20.2 Å². The van der Waals surface area contributed by atoms with E-state index in [1.54, 1.807) is 30.5 Å². The van der Waals surface area contributed by atoms with Crippen molar-refractivity contribution in [2.24, 2.45) is 0 Å². The van der Waals surface area contributed by atoms with E-state index in [9.17, 15) is 14.7 Å². The van der Waals surface area contributed by atoms with Gasteiger partial charge >= 0.3 is 12.1 Å². The SMILES string of the molecule is COc1ccc(-c2ccc(N(C(=O)O)C(=O)NCCCCN3CCCCC3)cn2)cn1. The molecule has 0 atom stereocenters. The number of urea groups is 1. The highest BCUT2D eigenvalue weighted by molar-refractivity contribution is 6.10. The molecule has 0 unspecified atom stereocenters. The first-order valence-corrected chi connectivity index (χ1v) is 10.6. The Kier molecular flexibility index (Phi) is 8.17. The smallest absolute Gasteiger partial charge is 0.420 e. The molecule has 3 heterocycles. The monoisotopic (exact) mass is 427 g/mol. The van der Waals surface area contributed by atoms with Crippen LogP contribution in [0.4, 0.5) is 15.3 Å². The van der Waals surface area contributed by atoms with Crippen molar-refractivity contribution in [3.63, 3.8) is 0 Å². The van der Waals surface area contributed by atoms with Gasteiger partial charge in [-0.05, 0) is 63.5 Å². The van der Waals surface area contributed by atoms with Gasteiger partial charge < -0.3 is 20.1 Å². The minimum absolute atomic E-state index is 0.184. The number of likely N-dealkylation sites (tertiary alicyclic amines) is 1. The summed E-state index contributed by atoms with van der Waals surface area (Å²) in [7, 11) is 1.54. The van der Waals surface area contributed by atoms with Gasteiger partial charge in [0.15, 0.2) is 0 Å². The van der Waals surface area contributed by atoms with E-state index in [1.807, 2.05) is 0 Å². The third-order valence-corrected chi connectivity index (χ3v) is 5.27. The lowest BCUT2D eigenvalue weighted by Crippen LogP contribution is -2.43. The second-order valence-corrected chi connectivity index (χ2v) is 7.45. The van der Waals surface area contributed by atoms with Gasteiger partial charge in [-0.3, -0.25) is 4.98 Å². The van der Waals surface area contributed by atoms with Crippen LogP contribution in [-0.2, 0) is 0 Å². The number of pyridine rings is 2. The quantitative estimate of drug-likeness (QED) is 0.620. The molecule has 1 aliphatic rings. The Balaban J connectivity index is 1.52. The van der Waals surface area contributed by atoms with Crippen LogP contribution in [0.2, 0.25) is 0 Å². The van der Waals surface area contributed by atoms with Gasteiger partial charge in [0.25, 0.3) is 0 Å². The van der Waals surface area contributed by atoms with E-state index < -0.39 is 12.1 Å². The summed E-state index contributed by atoms with van der Waals surface area (Å²) < 4.78 is 5.04. The van der Waals surface area contributed by atoms with E-state index in [0.717, 1.165) is 38.0 Å². The number of carbonyl (C=O) groups is 2. The van der Waals surface area contributed by atoms with Gasteiger partial charge in [-0.1, -0.05) is 6.42 Å². The average molecular weight is 428 g/mol. The number of anilines is 1. The molecule has 0 spiro atoms. The molecule has 3 amide bonds. The summed E-state index contributed by atoms with van der Waals surface area (Å²) in [5.41, 5.74) is 1.55. The van der Waals surface area contributed by atoms with Crippen molar-refractivity contribution < 1.29 is 19.4 Å². The van der Waals surface area contributed by atoms with Gasteiger partial charge in [-0.2, -0.15) is 4.90 Å². The summed E-state index contributed by atoms with van der Waals surface area (Å²) >= 11 is 0. The minimum atomic E-state index is -1.36. The molecular weight excluding hydrogens is 398 g/mol. The topological polar surface area (TPSA) is 108 Å². The molecule has 1 saturated heterocycles.